The molecule has 4 aliphatic carbocycles. The highest BCUT2D eigenvalue weighted by Gasteiger charge is 2.74. The van der Waals surface area contributed by atoms with Crippen molar-refractivity contribution in [2.24, 2.45) is 45.8 Å². The Hall–Kier alpha value is -2.91. The lowest BCUT2D eigenvalue weighted by atomic mass is 9.35. The average Bonchev–Trinajstić information content (AvgIpc) is 3.31. The van der Waals surface area contributed by atoms with Crippen molar-refractivity contribution in [1.29, 1.82) is 0 Å². The van der Waals surface area contributed by atoms with Crippen molar-refractivity contribution in [1.82, 2.24) is 0 Å². The van der Waals surface area contributed by atoms with Crippen LogP contribution in [0.5, 0.6) is 0 Å². The fourth-order valence-electron chi connectivity index (χ4n) is 11.2. The summed E-state index contributed by atoms with van der Waals surface area (Å²) in [6.45, 7) is 14.1. The van der Waals surface area contributed by atoms with E-state index in [4.69, 9.17) is 9.47 Å². The highest BCUT2D eigenvalue weighted by Crippen LogP contribution is 2.74. The zero-order valence-electron chi connectivity index (χ0n) is 31.0. The van der Waals surface area contributed by atoms with Crippen LogP contribution in [0.2, 0.25) is 0 Å². The molecule has 4 aliphatic rings. The second-order valence-electron chi connectivity index (χ2n) is 17.0. The van der Waals surface area contributed by atoms with Gasteiger partial charge in [0.05, 0.1) is 17.8 Å². The summed E-state index contributed by atoms with van der Waals surface area (Å²) in [5.74, 6) is -2.28. The average molecular weight is 682 g/mol. The Bertz CT molecular complexity index is 1450. The number of aliphatic hydroxyl groups excluding tert-OH is 2. The lowest BCUT2D eigenvalue weighted by molar-refractivity contribution is -0.284. The first kappa shape index (κ1) is 37.3. The van der Waals surface area contributed by atoms with Crippen LogP contribution in [0.1, 0.15) is 110 Å². The standard InChI is InChI=1S/C40H59NO8/c1-22(2)11-10-12-27(36(45)46)32-28-17-18-31-38(5)20-19-29(43)23(3)33(38)34(49-37(47)25-13-15-26(16-14-25)41(8)9)35(44)40(31,7)39(28,6)21-30(32)48-24(4)42/h13-16,22-23,28-31,33-35,43-44H,10-12,17-21H2,1-9H3,(H,45,46)/b32-27-. The summed E-state index contributed by atoms with van der Waals surface area (Å²) >= 11 is 0. The minimum absolute atomic E-state index is 0.00271. The number of nitrogens with zero attached hydrogens (tertiary/aromatic N) is 1. The Kier molecular flexibility index (Phi) is 10.4. The molecule has 3 N–H and O–H groups in total. The molecule has 0 saturated heterocycles. The molecular weight excluding hydrogens is 622 g/mol. The molecule has 49 heavy (non-hydrogen) atoms. The third kappa shape index (κ3) is 6.21. The molecule has 272 valence electrons. The molecule has 0 bridgehead atoms. The number of carboxylic acid groups (broad SMARTS) is 1. The summed E-state index contributed by atoms with van der Waals surface area (Å²) in [6, 6.07) is 7.19. The zero-order chi connectivity index (χ0) is 36.2. The second kappa shape index (κ2) is 13.7. The summed E-state index contributed by atoms with van der Waals surface area (Å²) in [4.78, 5) is 41.3. The summed E-state index contributed by atoms with van der Waals surface area (Å²) in [6.07, 6.45) is 1.84. The van der Waals surface area contributed by atoms with Gasteiger partial charge in [0.25, 0.3) is 0 Å². The number of esters is 2. The van der Waals surface area contributed by atoms with Crippen molar-refractivity contribution in [3.63, 3.8) is 0 Å². The van der Waals surface area contributed by atoms with E-state index in [9.17, 15) is 29.7 Å². The highest BCUT2D eigenvalue weighted by atomic mass is 16.6. The van der Waals surface area contributed by atoms with Crippen molar-refractivity contribution < 1.29 is 39.2 Å². The number of hydrogen-bond donors (Lipinski definition) is 3. The number of hydrogen-bond acceptors (Lipinski definition) is 8. The van der Waals surface area contributed by atoms with Gasteiger partial charge < -0.3 is 29.7 Å². The van der Waals surface area contributed by atoms with Crippen LogP contribution in [-0.2, 0) is 19.1 Å². The van der Waals surface area contributed by atoms with Crippen LogP contribution >= 0.6 is 0 Å². The fourth-order valence-corrected chi connectivity index (χ4v) is 11.2. The maximum atomic E-state index is 13.9. The molecule has 11 unspecified atom stereocenters. The second-order valence-corrected chi connectivity index (χ2v) is 17.0. The third-order valence-corrected chi connectivity index (χ3v) is 13.8. The molecule has 0 heterocycles. The summed E-state index contributed by atoms with van der Waals surface area (Å²) < 4.78 is 12.4. The normalized spacial score (nSPS) is 39.3. The molecule has 9 nitrogen and oxygen atoms in total. The molecule has 5 rings (SSSR count). The van der Waals surface area contributed by atoms with E-state index >= 15 is 0 Å². The number of carbonyl (C=O) groups is 3. The van der Waals surface area contributed by atoms with Gasteiger partial charge in [-0.2, -0.15) is 0 Å². The van der Waals surface area contributed by atoms with Gasteiger partial charge in [-0.05, 0) is 109 Å². The van der Waals surface area contributed by atoms with Crippen LogP contribution in [0.4, 0.5) is 5.69 Å². The number of carboxylic acids is 1. The van der Waals surface area contributed by atoms with E-state index in [0.717, 1.165) is 24.9 Å². The van der Waals surface area contributed by atoms with Gasteiger partial charge in [0.1, 0.15) is 12.2 Å². The van der Waals surface area contributed by atoms with E-state index in [0.29, 0.717) is 54.7 Å². The lowest BCUT2D eigenvalue weighted by Gasteiger charge is -2.70. The molecule has 0 radical (unpaired) electrons. The van der Waals surface area contributed by atoms with E-state index in [1.54, 1.807) is 12.1 Å². The first-order valence-electron chi connectivity index (χ1n) is 18.4. The topological polar surface area (TPSA) is 134 Å². The monoisotopic (exact) mass is 681 g/mol. The molecule has 0 spiro atoms. The van der Waals surface area contributed by atoms with Crippen molar-refractivity contribution in [3.8, 4) is 0 Å². The Balaban J connectivity index is 1.62. The Labute approximate surface area is 292 Å². The molecule has 0 amide bonds. The number of benzene rings is 1. The molecular formula is C40H59NO8. The Morgan fingerprint density at radius 1 is 1.00 bits per heavy atom. The van der Waals surface area contributed by atoms with E-state index < -0.39 is 53.2 Å². The minimum Gasteiger partial charge on any atom is -0.478 e. The van der Waals surface area contributed by atoms with Gasteiger partial charge in [0.2, 0.25) is 0 Å². The van der Waals surface area contributed by atoms with Crippen LogP contribution in [-0.4, -0.2) is 71.7 Å². The highest BCUT2D eigenvalue weighted by molar-refractivity contribution is 5.90. The first-order valence-corrected chi connectivity index (χ1v) is 18.4. The summed E-state index contributed by atoms with van der Waals surface area (Å²) in [5.41, 5.74) is 0.471. The number of rotatable bonds is 9. The fraction of sp³-hybridized carbons (Fsp3) is 0.725. The number of fused-ring (bicyclic) bond motifs is 5. The van der Waals surface area contributed by atoms with Crippen LogP contribution in [0, 0.1) is 45.8 Å². The van der Waals surface area contributed by atoms with Crippen LogP contribution in [0.3, 0.4) is 0 Å². The van der Waals surface area contributed by atoms with Crippen LogP contribution in [0.15, 0.2) is 35.4 Å². The van der Waals surface area contributed by atoms with E-state index in [1.807, 2.05) is 38.1 Å². The quantitative estimate of drug-likeness (QED) is 0.194. The molecule has 0 aromatic heterocycles. The van der Waals surface area contributed by atoms with Crippen LogP contribution < -0.4 is 4.90 Å². The molecule has 11 atom stereocenters. The number of carbonyl (C=O) groups excluding carboxylic acids is 2. The summed E-state index contributed by atoms with van der Waals surface area (Å²) in [5, 5.41) is 34.6. The molecule has 0 aliphatic heterocycles. The van der Waals surface area contributed by atoms with Gasteiger partial charge >= 0.3 is 17.9 Å². The first-order chi connectivity index (χ1) is 22.9. The SMILES string of the molecule is CC(=O)OC1CC2(C)C(CCC3C4(C)CCC(O)C(C)C4C(OC(=O)c4ccc(N(C)C)cc4)C(O)C32C)/C1=C(\CCCC(C)C)C(=O)O. The van der Waals surface area contributed by atoms with E-state index in [-0.39, 0.29) is 29.1 Å². The largest absolute Gasteiger partial charge is 0.478 e. The van der Waals surface area contributed by atoms with Crippen molar-refractivity contribution >= 4 is 23.6 Å². The van der Waals surface area contributed by atoms with Crippen molar-refractivity contribution in [2.45, 2.75) is 124 Å². The van der Waals surface area contributed by atoms with Gasteiger partial charge in [-0.15, -0.1) is 0 Å². The maximum Gasteiger partial charge on any atom is 0.338 e. The van der Waals surface area contributed by atoms with Crippen molar-refractivity contribution in [3.05, 3.63) is 41.0 Å². The van der Waals surface area contributed by atoms with Gasteiger partial charge in [-0.25, -0.2) is 9.59 Å². The predicted molar refractivity (Wildman–Crippen MR) is 188 cm³/mol. The molecule has 1 aromatic rings. The summed E-state index contributed by atoms with van der Waals surface area (Å²) in [7, 11) is 3.86. The molecule has 4 saturated carbocycles. The molecule has 4 fully saturated rings. The van der Waals surface area contributed by atoms with E-state index in [1.165, 1.54) is 6.92 Å². The van der Waals surface area contributed by atoms with Gasteiger partial charge in [0.15, 0.2) is 0 Å². The van der Waals surface area contributed by atoms with Gasteiger partial charge in [0, 0.05) is 43.6 Å². The van der Waals surface area contributed by atoms with Crippen molar-refractivity contribution in [2.75, 3.05) is 19.0 Å². The van der Waals surface area contributed by atoms with Gasteiger partial charge in [-0.1, -0.05) is 48.0 Å². The minimum atomic E-state index is -1.10. The van der Waals surface area contributed by atoms with Crippen LogP contribution in [0.25, 0.3) is 0 Å². The number of anilines is 1. The third-order valence-electron chi connectivity index (χ3n) is 13.8. The Morgan fingerprint density at radius 3 is 2.22 bits per heavy atom. The van der Waals surface area contributed by atoms with E-state index in [2.05, 4.69) is 34.6 Å². The molecule has 9 heteroatoms. The number of aliphatic hydroxyl groups is 2. The number of ether oxygens (including phenoxy) is 2. The smallest absolute Gasteiger partial charge is 0.338 e. The maximum absolute atomic E-state index is 13.9. The lowest BCUT2D eigenvalue weighted by Crippen LogP contribution is -2.72. The zero-order valence-corrected chi connectivity index (χ0v) is 31.0. The molecule has 1 aromatic carbocycles. The Morgan fingerprint density at radius 2 is 1.65 bits per heavy atom. The van der Waals surface area contributed by atoms with Gasteiger partial charge in [-0.3, -0.25) is 4.79 Å². The number of aliphatic carboxylic acids is 1. The predicted octanol–water partition coefficient (Wildman–Crippen LogP) is 6.65.